The molecule has 5 nitrogen and oxygen atoms in total. The number of aromatic nitrogens is 1. The van der Waals surface area contributed by atoms with Gasteiger partial charge in [0.2, 0.25) is 0 Å². The van der Waals surface area contributed by atoms with Gasteiger partial charge >= 0.3 is 0 Å². The van der Waals surface area contributed by atoms with Gasteiger partial charge in [-0.25, -0.2) is 4.39 Å². The molecule has 0 aliphatic carbocycles. The first-order valence-electron chi connectivity index (χ1n) is 10.3. The van der Waals surface area contributed by atoms with Crippen molar-refractivity contribution < 1.29 is 19.1 Å². The molecule has 164 valence electrons. The second-order valence-electron chi connectivity index (χ2n) is 7.90. The highest BCUT2D eigenvalue weighted by Gasteiger charge is 2.47. The number of amides is 1. The molecule has 3 aromatic carbocycles. The number of hydrogen-bond acceptors (Lipinski definition) is 3. The molecule has 2 N–H and O–H groups in total. The molecule has 1 aliphatic heterocycles. The molecule has 5 rings (SSSR count). The minimum atomic E-state index is -0.912. The topological polar surface area (TPSA) is 73.4 Å². The van der Waals surface area contributed by atoms with E-state index in [1.807, 2.05) is 31.2 Å². The zero-order valence-corrected chi connectivity index (χ0v) is 18.2. The predicted molar refractivity (Wildman–Crippen MR) is 126 cm³/mol. The first-order chi connectivity index (χ1) is 15.9. The van der Waals surface area contributed by atoms with Crippen LogP contribution in [-0.4, -0.2) is 21.8 Å². The molecule has 0 bridgehead atoms. The van der Waals surface area contributed by atoms with E-state index in [0.29, 0.717) is 16.3 Å². The van der Waals surface area contributed by atoms with Crippen molar-refractivity contribution in [2.24, 2.45) is 0 Å². The van der Waals surface area contributed by atoms with Gasteiger partial charge in [0.1, 0.15) is 11.6 Å². The van der Waals surface area contributed by atoms with E-state index in [4.69, 9.17) is 11.6 Å². The van der Waals surface area contributed by atoms with Gasteiger partial charge in [-0.15, -0.1) is 0 Å². The first kappa shape index (κ1) is 21.0. The number of fused-ring (bicyclic) bond motifs is 1. The quantitative estimate of drug-likeness (QED) is 0.227. The van der Waals surface area contributed by atoms with Crippen LogP contribution in [0.5, 0.6) is 0 Å². The minimum Gasteiger partial charge on any atom is -0.507 e. The highest BCUT2D eigenvalue weighted by Crippen LogP contribution is 2.44. The van der Waals surface area contributed by atoms with Crippen molar-refractivity contribution in [3.05, 3.63) is 106 Å². The van der Waals surface area contributed by atoms with Crippen molar-refractivity contribution in [3.63, 3.8) is 0 Å². The largest absolute Gasteiger partial charge is 0.507 e. The van der Waals surface area contributed by atoms with Gasteiger partial charge in [-0.1, -0.05) is 35.9 Å². The van der Waals surface area contributed by atoms with E-state index in [2.05, 4.69) is 4.98 Å². The third-order valence-corrected chi connectivity index (χ3v) is 6.32. The number of carbonyl (C=O) groups excluding carboxylic acids is 2. The van der Waals surface area contributed by atoms with Crippen molar-refractivity contribution in [1.82, 2.24) is 4.98 Å². The zero-order chi connectivity index (χ0) is 23.3. The first-order valence-corrected chi connectivity index (χ1v) is 10.6. The number of rotatable bonds is 3. The van der Waals surface area contributed by atoms with Crippen LogP contribution in [0.4, 0.5) is 10.1 Å². The van der Waals surface area contributed by atoms with E-state index in [-0.39, 0.29) is 16.9 Å². The average molecular weight is 461 g/mol. The lowest BCUT2D eigenvalue weighted by Gasteiger charge is -2.25. The SMILES string of the molecule is Cc1ccc(N2C(=O)C(=O)/C(=C(/O)c3ccc(F)cc3)C2c2c[nH]c3ccccc23)cc1Cl. The molecule has 0 radical (unpaired) electrons. The van der Waals surface area contributed by atoms with E-state index >= 15 is 0 Å². The van der Waals surface area contributed by atoms with Crippen molar-refractivity contribution in [3.8, 4) is 0 Å². The molecule has 2 heterocycles. The Labute approximate surface area is 193 Å². The number of carbonyl (C=O) groups is 2. The third-order valence-electron chi connectivity index (χ3n) is 5.91. The monoisotopic (exact) mass is 460 g/mol. The number of H-pyrrole nitrogens is 1. The maximum Gasteiger partial charge on any atom is 0.300 e. The van der Waals surface area contributed by atoms with Crippen LogP contribution in [0.1, 0.15) is 22.7 Å². The lowest BCUT2D eigenvalue weighted by Crippen LogP contribution is -2.29. The van der Waals surface area contributed by atoms with E-state index in [9.17, 15) is 19.1 Å². The van der Waals surface area contributed by atoms with Crippen LogP contribution in [0, 0.1) is 12.7 Å². The molecule has 33 heavy (non-hydrogen) atoms. The lowest BCUT2D eigenvalue weighted by atomic mass is 9.94. The summed E-state index contributed by atoms with van der Waals surface area (Å²) in [5, 5.41) is 12.4. The number of para-hydroxylation sites is 1. The molecule has 4 aromatic rings. The Kier molecular flexibility index (Phi) is 5.02. The van der Waals surface area contributed by atoms with Gasteiger partial charge in [-0.05, 0) is 55.0 Å². The van der Waals surface area contributed by atoms with E-state index in [0.717, 1.165) is 16.5 Å². The molecule has 1 aliphatic rings. The fraction of sp³-hybridized carbons (Fsp3) is 0.0769. The summed E-state index contributed by atoms with van der Waals surface area (Å²) in [6.45, 7) is 1.84. The normalized spacial score (nSPS) is 17.8. The second-order valence-corrected chi connectivity index (χ2v) is 8.31. The van der Waals surface area contributed by atoms with Crippen LogP contribution < -0.4 is 4.90 Å². The number of anilines is 1. The number of nitrogens with one attached hydrogen (secondary N) is 1. The highest BCUT2D eigenvalue weighted by molar-refractivity contribution is 6.52. The number of ketones is 1. The molecule has 1 saturated heterocycles. The number of benzene rings is 3. The number of aryl methyl sites for hydroxylation is 1. The maximum absolute atomic E-state index is 13.5. The van der Waals surface area contributed by atoms with E-state index in [1.54, 1.807) is 24.4 Å². The van der Waals surface area contributed by atoms with Crippen LogP contribution in [0.3, 0.4) is 0 Å². The maximum atomic E-state index is 13.5. The Morgan fingerprint density at radius 3 is 2.52 bits per heavy atom. The summed E-state index contributed by atoms with van der Waals surface area (Å²) in [6, 6.07) is 16.8. The number of aromatic amines is 1. The Morgan fingerprint density at radius 2 is 1.79 bits per heavy atom. The zero-order valence-electron chi connectivity index (χ0n) is 17.5. The number of aliphatic hydroxyl groups is 1. The van der Waals surface area contributed by atoms with Gasteiger partial charge in [0.05, 0.1) is 11.6 Å². The van der Waals surface area contributed by atoms with Gasteiger partial charge in [0.25, 0.3) is 11.7 Å². The number of nitrogens with zero attached hydrogens (tertiary/aromatic N) is 1. The van der Waals surface area contributed by atoms with Crippen LogP contribution in [0.25, 0.3) is 16.7 Å². The molecular formula is C26H18ClFN2O3. The van der Waals surface area contributed by atoms with E-state index in [1.165, 1.54) is 29.2 Å². The molecule has 0 spiro atoms. The standard InChI is InChI=1S/C26H18ClFN2O3/c1-14-6-11-17(12-20(14)27)30-23(19-13-29-21-5-3-2-4-18(19)21)22(25(32)26(30)33)24(31)15-7-9-16(28)10-8-15/h2-13,23,29,31H,1H3/b24-22+. The third kappa shape index (κ3) is 3.39. The van der Waals surface area contributed by atoms with Gasteiger partial charge in [-0.2, -0.15) is 0 Å². The summed E-state index contributed by atoms with van der Waals surface area (Å²) < 4.78 is 13.5. The van der Waals surface area contributed by atoms with E-state index < -0.39 is 23.5 Å². The Bertz CT molecular complexity index is 1460. The van der Waals surface area contributed by atoms with Crippen molar-refractivity contribution in [2.75, 3.05) is 4.90 Å². The van der Waals surface area contributed by atoms with Gasteiger partial charge in [-0.3, -0.25) is 14.5 Å². The van der Waals surface area contributed by atoms with Gasteiger partial charge < -0.3 is 10.1 Å². The van der Waals surface area contributed by atoms with Gasteiger partial charge in [0, 0.05) is 38.9 Å². The lowest BCUT2D eigenvalue weighted by molar-refractivity contribution is -0.132. The minimum absolute atomic E-state index is 0.0759. The molecule has 1 fully saturated rings. The van der Waals surface area contributed by atoms with Crippen LogP contribution in [0.2, 0.25) is 5.02 Å². The smallest absolute Gasteiger partial charge is 0.300 e. The van der Waals surface area contributed by atoms with Crippen molar-refractivity contribution in [1.29, 1.82) is 0 Å². The molecule has 1 atom stereocenters. The van der Waals surface area contributed by atoms with Crippen molar-refractivity contribution >= 4 is 45.6 Å². The summed E-state index contributed by atoms with van der Waals surface area (Å²) in [7, 11) is 0. The van der Waals surface area contributed by atoms with Crippen LogP contribution >= 0.6 is 11.6 Å². The van der Waals surface area contributed by atoms with Crippen LogP contribution in [-0.2, 0) is 9.59 Å². The Hall–Kier alpha value is -3.90. The summed E-state index contributed by atoms with van der Waals surface area (Å²) in [5.74, 6) is -2.46. The molecule has 1 aromatic heterocycles. The van der Waals surface area contributed by atoms with Crippen molar-refractivity contribution in [2.45, 2.75) is 13.0 Å². The summed E-state index contributed by atoms with van der Waals surface area (Å²) in [5.41, 5.74) is 2.88. The molecule has 7 heteroatoms. The molecular weight excluding hydrogens is 443 g/mol. The highest BCUT2D eigenvalue weighted by atomic mass is 35.5. The molecule has 1 amide bonds. The van der Waals surface area contributed by atoms with Crippen LogP contribution in [0.15, 0.2) is 78.5 Å². The number of halogens is 2. The number of Topliss-reactive ketones (excluding diaryl/α,β-unsaturated/α-hetero) is 1. The predicted octanol–water partition coefficient (Wildman–Crippen LogP) is 5.90. The Morgan fingerprint density at radius 1 is 1.06 bits per heavy atom. The summed E-state index contributed by atoms with van der Waals surface area (Å²) in [4.78, 5) is 31.0. The molecule has 0 saturated carbocycles. The molecule has 1 unspecified atom stereocenters. The van der Waals surface area contributed by atoms with Gasteiger partial charge in [0.15, 0.2) is 0 Å². The average Bonchev–Trinajstić information content (AvgIpc) is 3.34. The number of aliphatic hydroxyl groups excluding tert-OH is 1. The fourth-order valence-electron chi connectivity index (χ4n) is 4.21. The summed E-state index contributed by atoms with van der Waals surface area (Å²) in [6.07, 6.45) is 1.72. The fourth-order valence-corrected chi connectivity index (χ4v) is 4.38. The second kappa shape index (κ2) is 7.90. The summed E-state index contributed by atoms with van der Waals surface area (Å²) >= 11 is 6.33. The number of hydrogen-bond donors (Lipinski definition) is 2. The Balaban J connectivity index is 1.78.